The highest BCUT2D eigenvalue weighted by Crippen LogP contribution is 2.18. The molecular formula is C26H22BrN. The summed E-state index contributed by atoms with van der Waals surface area (Å²) in [6.45, 7) is 0.993. The van der Waals surface area contributed by atoms with E-state index in [2.05, 4.69) is 108 Å². The van der Waals surface area contributed by atoms with Gasteiger partial charge in [-0.2, -0.15) is 0 Å². The highest BCUT2D eigenvalue weighted by atomic mass is 79.9. The highest BCUT2D eigenvalue weighted by Gasteiger charge is 2.01. The van der Waals surface area contributed by atoms with E-state index in [1.165, 1.54) is 21.9 Å². The lowest BCUT2D eigenvalue weighted by atomic mass is 10.0. The summed E-state index contributed by atoms with van der Waals surface area (Å²) < 4.78 is 2.25. The Morgan fingerprint density at radius 2 is 1.36 bits per heavy atom. The highest BCUT2D eigenvalue weighted by molar-refractivity contribution is 5.80. The van der Waals surface area contributed by atoms with Crippen molar-refractivity contribution in [2.24, 2.45) is 0 Å². The largest absolute Gasteiger partial charge is 1.00 e. The average Bonchev–Trinajstić information content (AvgIpc) is 2.74. The van der Waals surface area contributed by atoms with Crippen LogP contribution in [0.25, 0.3) is 21.9 Å². The van der Waals surface area contributed by atoms with Crippen LogP contribution in [0.5, 0.6) is 0 Å². The van der Waals surface area contributed by atoms with Gasteiger partial charge in [0, 0.05) is 29.9 Å². The summed E-state index contributed by atoms with van der Waals surface area (Å²) in [4.78, 5) is 0. The number of aryl methyl sites for hydroxylation is 1. The van der Waals surface area contributed by atoms with E-state index in [0.29, 0.717) is 0 Å². The first-order chi connectivity index (χ1) is 13.4. The van der Waals surface area contributed by atoms with Crippen molar-refractivity contribution in [3.63, 3.8) is 0 Å². The monoisotopic (exact) mass is 427 g/mol. The van der Waals surface area contributed by atoms with E-state index in [4.69, 9.17) is 0 Å². The van der Waals surface area contributed by atoms with Crippen LogP contribution in [0.15, 0.2) is 97.3 Å². The normalized spacial score (nSPS) is 10.0. The molecule has 3 aromatic carbocycles. The number of rotatable bonds is 4. The smallest absolute Gasteiger partial charge is 0.176 e. The summed E-state index contributed by atoms with van der Waals surface area (Å²) >= 11 is 0. The van der Waals surface area contributed by atoms with Gasteiger partial charge in [-0.25, -0.2) is 4.57 Å². The number of benzene rings is 3. The summed E-state index contributed by atoms with van der Waals surface area (Å²) in [6, 6.07) is 29.6. The molecule has 0 radical (unpaired) electrons. The first-order valence-electron chi connectivity index (χ1n) is 9.41. The van der Waals surface area contributed by atoms with Gasteiger partial charge in [0.15, 0.2) is 12.4 Å². The van der Waals surface area contributed by atoms with Crippen LogP contribution in [0.4, 0.5) is 0 Å². The Balaban J connectivity index is 0.00000225. The van der Waals surface area contributed by atoms with Crippen molar-refractivity contribution < 1.29 is 21.5 Å². The van der Waals surface area contributed by atoms with Gasteiger partial charge in [0.25, 0.3) is 0 Å². The van der Waals surface area contributed by atoms with Crippen molar-refractivity contribution in [2.75, 3.05) is 0 Å². The van der Waals surface area contributed by atoms with Crippen LogP contribution in [0.1, 0.15) is 18.4 Å². The molecule has 1 nitrogen and oxygen atoms in total. The SMILES string of the molecule is C(#Cc1ccc(-c2ccccc2)cc1)CCC[n+]1ccc2ccccc2c1.[Br-]. The first kappa shape index (κ1) is 19.9. The van der Waals surface area contributed by atoms with E-state index in [1.807, 2.05) is 6.07 Å². The Hall–Kier alpha value is -2.89. The van der Waals surface area contributed by atoms with Gasteiger partial charge in [-0.15, -0.1) is 0 Å². The van der Waals surface area contributed by atoms with Gasteiger partial charge in [0.1, 0.15) is 6.54 Å². The van der Waals surface area contributed by atoms with Crippen molar-refractivity contribution in [1.29, 1.82) is 0 Å². The van der Waals surface area contributed by atoms with Crippen LogP contribution >= 0.6 is 0 Å². The predicted octanol–water partition coefficient (Wildman–Crippen LogP) is 2.63. The molecule has 0 saturated heterocycles. The van der Waals surface area contributed by atoms with Gasteiger partial charge in [-0.3, -0.25) is 0 Å². The Bertz CT molecular complexity index is 1090. The summed E-state index contributed by atoms with van der Waals surface area (Å²) in [5, 5.41) is 2.57. The molecule has 0 aliphatic heterocycles. The molecule has 2 heteroatoms. The molecule has 0 atom stereocenters. The second-order valence-corrected chi connectivity index (χ2v) is 6.66. The number of hydrogen-bond acceptors (Lipinski definition) is 0. The second-order valence-electron chi connectivity index (χ2n) is 6.66. The van der Waals surface area contributed by atoms with Crippen LogP contribution in [0.3, 0.4) is 0 Å². The molecular weight excluding hydrogens is 406 g/mol. The number of unbranched alkanes of at least 4 members (excludes halogenated alkanes) is 1. The van der Waals surface area contributed by atoms with Gasteiger partial charge in [-0.1, -0.05) is 72.5 Å². The minimum Gasteiger partial charge on any atom is -1.00 e. The zero-order valence-corrected chi connectivity index (χ0v) is 17.3. The van der Waals surface area contributed by atoms with E-state index >= 15 is 0 Å². The van der Waals surface area contributed by atoms with Crippen LogP contribution in [0, 0.1) is 11.8 Å². The molecule has 0 bridgehead atoms. The molecule has 0 amide bonds. The molecule has 28 heavy (non-hydrogen) atoms. The van der Waals surface area contributed by atoms with Crippen molar-refractivity contribution >= 4 is 10.8 Å². The predicted molar refractivity (Wildman–Crippen MR) is 112 cm³/mol. The number of pyridine rings is 1. The number of halogens is 1. The molecule has 0 aliphatic rings. The number of nitrogens with zero attached hydrogens (tertiary/aromatic N) is 1. The summed E-state index contributed by atoms with van der Waals surface area (Å²) in [7, 11) is 0. The molecule has 0 aliphatic carbocycles. The fourth-order valence-electron chi connectivity index (χ4n) is 3.21. The fourth-order valence-corrected chi connectivity index (χ4v) is 3.21. The molecule has 0 unspecified atom stereocenters. The first-order valence-corrected chi connectivity index (χ1v) is 9.41. The minimum absolute atomic E-state index is 0. The third-order valence-corrected chi connectivity index (χ3v) is 4.69. The molecule has 0 spiro atoms. The van der Waals surface area contributed by atoms with Crippen LogP contribution < -0.4 is 21.5 Å². The van der Waals surface area contributed by atoms with Gasteiger partial charge in [0.2, 0.25) is 0 Å². The summed E-state index contributed by atoms with van der Waals surface area (Å²) in [6.07, 6.45) is 6.32. The van der Waals surface area contributed by atoms with E-state index in [1.54, 1.807) is 0 Å². The molecule has 138 valence electrons. The topological polar surface area (TPSA) is 3.88 Å². The zero-order chi connectivity index (χ0) is 18.3. The fraction of sp³-hybridized carbons (Fsp3) is 0.115. The third-order valence-electron chi connectivity index (χ3n) is 4.69. The quantitative estimate of drug-likeness (QED) is 0.267. The Morgan fingerprint density at radius 1 is 0.679 bits per heavy atom. The summed E-state index contributed by atoms with van der Waals surface area (Å²) in [5.41, 5.74) is 3.55. The molecule has 1 heterocycles. The van der Waals surface area contributed by atoms with E-state index < -0.39 is 0 Å². The van der Waals surface area contributed by atoms with Gasteiger partial charge >= 0.3 is 0 Å². The maximum atomic E-state index is 3.30. The van der Waals surface area contributed by atoms with Crippen LogP contribution in [-0.2, 0) is 6.54 Å². The molecule has 4 rings (SSSR count). The van der Waals surface area contributed by atoms with E-state index in [-0.39, 0.29) is 17.0 Å². The lowest BCUT2D eigenvalue weighted by Crippen LogP contribution is -3.00. The number of hydrogen-bond donors (Lipinski definition) is 0. The minimum atomic E-state index is 0. The maximum absolute atomic E-state index is 3.30. The van der Waals surface area contributed by atoms with Gasteiger partial charge in [0.05, 0.1) is 0 Å². The van der Waals surface area contributed by atoms with Crippen molar-refractivity contribution in [3.8, 4) is 23.0 Å². The molecule has 0 fully saturated rings. The Labute approximate surface area is 177 Å². The van der Waals surface area contributed by atoms with E-state index in [9.17, 15) is 0 Å². The van der Waals surface area contributed by atoms with Gasteiger partial charge in [-0.05, 0) is 34.7 Å². The second kappa shape index (κ2) is 9.88. The van der Waals surface area contributed by atoms with Crippen molar-refractivity contribution in [3.05, 3.63) is 103 Å². The zero-order valence-electron chi connectivity index (χ0n) is 15.7. The maximum Gasteiger partial charge on any atom is 0.176 e. The van der Waals surface area contributed by atoms with Crippen molar-refractivity contribution in [2.45, 2.75) is 19.4 Å². The van der Waals surface area contributed by atoms with E-state index in [0.717, 1.165) is 24.9 Å². The Morgan fingerprint density at radius 3 is 2.14 bits per heavy atom. The van der Waals surface area contributed by atoms with Gasteiger partial charge < -0.3 is 17.0 Å². The van der Waals surface area contributed by atoms with Crippen LogP contribution in [0.2, 0.25) is 0 Å². The lowest BCUT2D eigenvalue weighted by Gasteiger charge is -2.00. The summed E-state index contributed by atoms with van der Waals surface area (Å²) in [5.74, 6) is 6.58. The Kier molecular flexibility index (Phi) is 7.00. The lowest BCUT2D eigenvalue weighted by molar-refractivity contribution is -0.695. The average molecular weight is 428 g/mol. The molecule has 0 N–H and O–H groups in total. The third kappa shape index (κ3) is 5.09. The molecule has 4 aromatic rings. The number of aromatic nitrogens is 1. The molecule has 1 aromatic heterocycles. The van der Waals surface area contributed by atoms with Crippen molar-refractivity contribution in [1.82, 2.24) is 0 Å². The molecule has 0 saturated carbocycles. The number of fused-ring (bicyclic) bond motifs is 1. The standard InChI is InChI=1S/C26H22N.BrH/c1-4-10-23(11-5-1)25-16-14-22(15-17-25)9-3-2-8-19-27-20-18-24-12-6-7-13-26(24)21-27;/h1,4-7,10-18,20-21H,2,8,19H2;1H/q+1;/p-1. The van der Waals surface area contributed by atoms with Crippen LogP contribution in [-0.4, -0.2) is 0 Å².